The van der Waals surface area contributed by atoms with Crippen molar-refractivity contribution in [3.63, 3.8) is 0 Å². The van der Waals surface area contributed by atoms with Crippen LogP contribution in [0.25, 0.3) is 0 Å². The van der Waals surface area contributed by atoms with Crippen molar-refractivity contribution in [2.45, 2.75) is 84.3 Å². The molecular formula is C17H34N2O2. The smallest absolute Gasteiger partial charge is 0.407 e. The van der Waals surface area contributed by atoms with Crippen LogP contribution in [0.4, 0.5) is 4.79 Å². The molecule has 1 saturated carbocycles. The first-order chi connectivity index (χ1) is 9.92. The van der Waals surface area contributed by atoms with E-state index in [-0.39, 0.29) is 6.09 Å². The summed E-state index contributed by atoms with van der Waals surface area (Å²) < 4.78 is 5.31. The number of carbonyl (C=O) groups excluding carboxylic acids is 1. The van der Waals surface area contributed by atoms with Gasteiger partial charge in [0.05, 0.1) is 0 Å². The minimum atomic E-state index is -0.422. The molecule has 0 spiro atoms. The van der Waals surface area contributed by atoms with Gasteiger partial charge in [-0.1, -0.05) is 32.6 Å². The first kappa shape index (κ1) is 18.3. The van der Waals surface area contributed by atoms with E-state index in [9.17, 15) is 4.79 Å². The zero-order valence-corrected chi connectivity index (χ0v) is 14.3. The second kappa shape index (κ2) is 9.29. The standard InChI is InChI=1S/C17H34N2O2/c1-5-6-9-12-18-15-11-8-7-10-14(15)13-19-16(20)21-17(2,3)4/h14-15,18H,5-13H2,1-4H3,(H,19,20). The highest BCUT2D eigenvalue weighted by Crippen LogP contribution is 2.24. The van der Waals surface area contributed by atoms with Crippen molar-refractivity contribution in [1.29, 1.82) is 0 Å². The van der Waals surface area contributed by atoms with E-state index in [2.05, 4.69) is 17.6 Å². The molecule has 0 aliphatic heterocycles. The third-order valence-corrected chi connectivity index (χ3v) is 4.00. The zero-order chi connectivity index (χ0) is 15.7. The van der Waals surface area contributed by atoms with Gasteiger partial charge in [-0.05, 0) is 52.5 Å². The predicted octanol–water partition coefficient (Wildman–Crippen LogP) is 3.85. The molecule has 2 N–H and O–H groups in total. The second-order valence-corrected chi connectivity index (χ2v) is 7.20. The monoisotopic (exact) mass is 298 g/mol. The summed E-state index contributed by atoms with van der Waals surface area (Å²) in [6.45, 7) is 9.73. The molecule has 1 aliphatic carbocycles. The average Bonchev–Trinajstić information content (AvgIpc) is 2.40. The minimum Gasteiger partial charge on any atom is -0.444 e. The largest absolute Gasteiger partial charge is 0.444 e. The number of hydrogen-bond acceptors (Lipinski definition) is 3. The summed E-state index contributed by atoms with van der Waals surface area (Å²) >= 11 is 0. The summed E-state index contributed by atoms with van der Waals surface area (Å²) in [5, 5.41) is 6.63. The number of amides is 1. The number of unbranched alkanes of at least 4 members (excludes halogenated alkanes) is 2. The van der Waals surface area contributed by atoms with Crippen LogP contribution in [-0.4, -0.2) is 30.8 Å². The summed E-state index contributed by atoms with van der Waals surface area (Å²) in [7, 11) is 0. The van der Waals surface area contributed by atoms with Crippen LogP contribution in [-0.2, 0) is 4.74 Å². The van der Waals surface area contributed by atoms with Crippen LogP contribution in [0, 0.1) is 5.92 Å². The van der Waals surface area contributed by atoms with Crippen molar-refractivity contribution in [2.24, 2.45) is 5.92 Å². The van der Waals surface area contributed by atoms with Gasteiger partial charge in [0.2, 0.25) is 0 Å². The zero-order valence-electron chi connectivity index (χ0n) is 14.3. The van der Waals surface area contributed by atoms with Gasteiger partial charge < -0.3 is 15.4 Å². The number of rotatable bonds is 7. The summed E-state index contributed by atoms with van der Waals surface area (Å²) in [4.78, 5) is 11.8. The normalized spacial score (nSPS) is 22.9. The van der Waals surface area contributed by atoms with E-state index in [1.54, 1.807) is 0 Å². The van der Waals surface area contributed by atoms with Gasteiger partial charge in [-0.2, -0.15) is 0 Å². The van der Waals surface area contributed by atoms with Gasteiger partial charge in [-0.3, -0.25) is 0 Å². The lowest BCUT2D eigenvalue weighted by Gasteiger charge is -2.32. The molecule has 1 fully saturated rings. The van der Waals surface area contributed by atoms with Gasteiger partial charge in [0, 0.05) is 12.6 Å². The van der Waals surface area contributed by atoms with Crippen molar-refractivity contribution in [3.8, 4) is 0 Å². The Morgan fingerprint density at radius 2 is 1.90 bits per heavy atom. The fourth-order valence-corrected chi connectivity index (χ4v) is 2.91. The van der Waals surface area contributed by atoms with Gasteiger partial charge in [0.1, 0.15) is 5.60 Å². The fourth-order valence-electron chi connectivity index (χ4n) is 2.91. The summed E-state index contributed by atoms with van der Waals surface area (Å²) in [6.07, 6.45) is 8.50. The molecule has 0 bridgehead atoms. The SMILES string of the molecule is CCCCCNC1CCCCC1CNC(=O)OC(C)(C)C. The van der Waals surface area contributed by atoms with E-state index >= 15 is 0 Å². The van der Waals surface area contributed by atoms with E-state index in [0.29, 0.717) is 12.0 Å². The third-order valence-electron chi connectivity index (χ3n) is 4.00. The number of alkyl carbamates (subject to hydrolysis) is 1. The average molecular weight is 298 g/mol. The summed E-state index contributed by atoms with van der Waals surface area (Å²) in [5.41, 5.74) is -0.422. The fraction of sp³-hybridized carbons (Fsp3) is 0.941. The molecular weight excluding hydrogens is 264 g/mol. The van der Waals surface area contributed by atoms with E-state index in [0.717, 1.165) is 13.1 Å². The van der Waals surface area contributed by atoms with Crippen LogP contribution in [0.3, 0.4) is 0 Å². The van der Waals surface area contributed by atoms with Gasteiger partial charge in [0.25, 0.3) is 0 Å². The lowest BCUT2D eigenvalue weighted by molar-refractivity contribution is 0.0510. The Balaban J connectivity index is 2.30. The molecule has 21 heavy (non-hydrogen) atoms. The molecule has 1 rings (SSSR count). The lowest BCUT2D eigenvalue weighted by Crippen LogP contribution is -2.45. The molecule has 0 aromatic heterocycles. The second-order valence-electron chi connectivity index (χ2n) is 7.20. The Labute approximate surface area is 130 Å². The quantitative estimate of drug-likeness (QED) is 0.702. The number of carbonyl (C=O) groups is 1. The van der Waals surface area contributed by atoms with Crippen molar-refractivity contribution < 1.29 is 9.53 Å². The number of nitrogens with one attached hydrogen (secondary N) is 2. The Morgan fingerprint density at radius 1 is 1.19 bits per heavy atom. The molecule has 4 heteroatoms. The van der Waals surface area contributed by atoms with Gasteiger partial charge in [-0.15, -0.1) is 0 Å². The lowest BCUT2D eigenvalue weighted by atomic mass is 9.84. The van der Waals surface area contributed by atoms with Crippen LogP contribution >= 0.6 is 0 Å². The van der Waals surface area contributed by atoms with Gasteiger partial charge in [0.15, 0.2) is 0 Å². The molecule has 0 saturated heterocycles. The van der Waals surface area contributed by atoms with Crippen LogP contribution < -0.4 is 10.6 Å². The highest BCUT2D eigenvalue weighted by molar-refractivity contribution is 5.67. The third kappa shape index (κ3) is 8.30. The highest BCUT2D eigenvalue weighted by Gasteiger charge is 2.25. The number of ether oxygens (including phenoxy) is 1. The minimum absolute atomic E-state index is 0.294. The molecule has 4 nitrogen and oxygen atoms in total. The van der Waals surface area contributed by atoms with Crippen LogP contribution in [0.5, 0.6) is 0 Å². The summed E-state index contributed by atoms with van der Waals surface area (Å²) in [5.74, 6) is 0.535. The van der Waals surface area contributed by atoms with Crippen LogP contribution in [0.1, 0.15) is 72.6 Å². The Morgan fingerprint density at radius 3 is 2.57 bits per heavy atom. The van der Waals surface area contributed by atoms with E-state index < -0.39 is 5.60 Å². The van der Waals surface area contributed by atoms with Crippen LogP contribution in [0.15, 0.2) is 0 Å². The Bertz CT molecular complexity index is 300. The molecule has 0 heterocycles. The van der Waals surface area contributed by atoms with Crippen molar-refractivity contribution in [2.75, 3.05) is 13.1 Å². The first-order valence-electron chi connectivity index (χ1n) is 8.62. The van der Waals surface area contributed by atoms with Crippen molar-refractivity contribution in [3.05, 3.63) is 0 Å². The van der Waals surface area contributed by atoms with Crippen LogP contribution in [0.2, 0.25) is 0 Å². The van der Waals surface area contributed by atoms with E-state index in [1.807, 2.05) is 20.8 Å². The number of hydrogen-bond donors (Lipinski definition) is 2. The highest BCUT2D eigenvalue weighted by atomic mass is 16.6. The molecule has 1 amide bonds. The predicted molar refractivity (Wildman–Crippen MR) is 87.5 cm³/mol. The van der Waals surface area contributed by atoms with Gasteiger partial charge >= 0.3 is 6.09 Å². The maximum atomic E-state index is 11.8. The van der Waals surface area contributed by atoms with E-state index in [4.69, 9.17) is 4.74 Å². The molecule has 0 aromatic rings. The Kier molecular flexibility index (Phi) is 8.09. The van der Waals surface area contributed by atoms with Crippen molar-refractivity contribution >= 4 is 6.09 Å². The van der Waals surface area contributed by atoms with Gasteiger partial charge in [-0.25, -0.2) is 4.79 Å². The molecule has 2 atom stereocenters. The molecule has 0 radical (unpaired) electrons. The molecule has 0 aromatic carbocycles. The summed E-state index contributed by atoms with van der Waals surface area (Å²) in [6, 6.07) is 0.547. The topological polar surface area (TPSA) is 50.4 Å². The maximum absolute atomic E-state index is 11.8. The molecule has 1 aliphatic rings. The Hall–Kier alpha value is -0.770. The first-order valence-corrected chi connectivity index (χ1v) is 8.62. The van der Waals surface area contributed by atoms with E-state index in [1.165, 1.54) is 44.9 Å². The molecule has 124 valence electrons. The van der Waals surface area contributed by atoms with Crippen molar-refractivity contribution in [1.82, 2.24) is 10.6 Å². The maximum Gasteiger partial charge on any atom is 0.407 e. The molecule has 2 unspecified atom stereocenters.